The zero-order valence-corrected chi connectivity index (χ0v) is 9.66. The Balaban J connectivity index is 0. The Bertz CT molecular complexity index is 38.9. The van der Waals surface area contributed by atoms with Gasteiger partial charge < -0.3 is 0 Å². The van der Waals surface area contributed by atoms with Crippen LogP contribution < -0.4 is 0 Å². The van der Waals surface area contributed by atoms with Crippen LogP contribution in [-0.2, 0) is 17.6 Å². The van der Waals surface area contributed by atoms with E-state index in [1.54, 1.807) is 0 Å². The predicted molar refractivity (Wildman–Crippen MR) is 21.6 cm³/mol. The molecule has 0 aliphatic heterocycles. The Kier molecular flexibility index (Phi) is 33.8. The normalized spacial score (nSPS) is 3.20. The topological polar surface area (TPSA) is 17.1 Å². The van der Waals surface area contributed by atoms with E-state index in [9.17, 15) is 0 Å². The molecule has 5 heteroatoms. The Hall–Kier alpha value is 1.85. The SMILES string of the molecule is [O]=[Pb].[S]=[Mo]=[S]. The summed E-state index contributed by atoms with van der Waals surface area (Å²) >= 11 is -0.308. The van der Waals surface area contributed by atoms with Crippen molar-refractivity contribution in [3.8, 4) is 0 Å². The average molecular weight is 383 g/mol. The van der Waals surface area contributed by atoms with Crippen molar-refractivity contribution in [1.29, 1.82) is 0 Å². The molecule has 0 aromatic heterocycles. The van der Waals surface area contributed by atoms with Crippen LogP contribution in [0.2, 0.25) is 0 Å². The summed E-state index contributed by atoms with van der Waals surface area (Å²) in [5.74, 6) is 0. The van der Waals surface area contributed by atoms with Crippen LogP contribution in [-0.4, -0.2) is 25.8 Å². The van der Waals surface area contributed by atoms with Crippen molar-refractivity contribution in [3.05, 3.63) is 0 Å². The maximum absolute atomic E-state index is 8.39. The van der Waals surface area contributed by atoms with Crippen LogP contribution in [0, 0.1) is 0 Å². The van der Waals surface area contributed by atoms with Crippen LogP contribution in [0.5, 0.6) is 0 Å². The summed E-state index contributed by atoms with van der Waals surface area (Å²) in [5.41, 5.74) is 0. The fourth-order valence-electron chi connectivity index (χ4n) is 0. The molecule has 2 radical (unpaired) electrons. The van der Waals surface area contributed by atoms with E-state index < -0.39 is 0 Å². The minimum atomic E-state index is -0.363. The fourth-order valence-corrected chi connectivity index (χ4v) is 0. The van der Waals surface area contributed by atoms with Crippen LogP contribution in [0.15, 0.2) is 0 Å². The summed E-state index contributed by atoms with van der Waals surface area (Å²) in [5, 5.41) is 0. The number of hydrogen-bond acceptors (Lipinski definition) is 3. The summed E-state index contributed by atoms with van der Waals surface area (Å²) in [6.07, 6.45) is 0. The Morgan fingerprint density at radius 2 is 1.40 bits per heavy atom. The first-order valence-corrected chi connectivity index (χ1v) is 7.71. The van der Waals surface area contributed by atoms with E-state index in [-0.39, 0.29) is 40.7 Å². The van der Waals surface area contributed by atoms with Gasteiger partial charge in [-0.2, -0.15) is 0 Å². The third kappa shape index (κ3) is 25.3. The monoisotopic (exact) mass is 386 g/mol. The zero-order valence-electron chi connectivity index (χ0n) is 2.13. The second-order valence-electron chi connectivity index (χ2n) is 0.0680. The molecule has 0 unspecified atom stereocenters. The van der Waals surface area contributed by atoms with E-state index in [1.165, 1.54) is 0 Å². The first kappa shape index (κ1) is 9.97. The van der Waals surface area contributed by atoms with Crippen molar-refractivity contribution < 1.29 is 17.6 Å². The van der Waals surface area contributed by atoms with Crippen LogP contribution in [0.4, 0.5) is 0 Å². The van der Waals surface area contributed by atoms with Gasteiger partial charge in [0.2, 0.25) is 0 Å². The first-order valence-electron chi connectivity index (χ1n) is 0.537. The molecule has 0 fully saturated rings. The molecule has 0 N–H and O–H groups in total. The van der Waals surface area contributed by atoms with Gasteiger partial charge in [-0.05, 0) is 0 Å². The van der Waals surface area contributed by atoms with Crippen molar-refractivity contribution in [2.45, 2.75) is 0 Å². The standard InChI is InChI=1S/Mo.O.Pb.2S. The molecular formula is MoOPbS2. The molecule has 0 aliphatic rings. The molecule has 5 heavy (non-hydrogen) atoms. The van der Waals surface area contributed by atoms with Gasteiger partial charge >= 0.3 is 63.0 Å². The molecule has 0 aliphatic carbocycles. The number of rotatable bonds is 0. The second kappa shape index (κ2) is 16.9. The first-order chi connectivity index (χ1) is 2.41. The van der Waals surface area contributed by atoms with Crippen molar-refractivity contribution in [1.82, 2.24) is 0 Å². The summed E-state index contributed by atoms with van der Waals surface area (Å²) in [4.78, 5) is 0. The zero-order chi connectivity index (χ0) is 4.71. The van der Waals surface area contributed by atoms with Crippen molar-refractivity contribution in [2.24, 2.45) is 0 Å². The molecule has 0 aromatic rings. The van der Waals surface area contributed by atoms with Gasteiger partial charge in [0, 0.05) is 0 Å². The van der Waals surface area contributed by atoms with E-state index in [1.807, 2.05) is 0 Å². The third-order valence-electron chi connectivity index (χ3n) is 0. The van der Waals surface area contributed by atoms with Gasteiger partial charge in [-0.1, -0.05) is 0 Å². The summed E-state index contributed by atoms with van der Waals surface area (Å²) < 4.78 is 8.39. The Morgan fingerprint density at radius 3 is 1.40 bits per heavy atom. The molecular weight excluding hydrogens is 383 g/mol. The number of hydrogen-bond donors (Lipinski definition) is 0. The molecule has 0 spiro atoms. The van der Waals surface area contributed by atoms with E-state index in [2.05, 4.69) is 19.6 Å². The van der Waals surface area contributed by atoms with Crippen LogP contribution >= 0.6 is 19.6 Å². The molecule has 0 bridgehead atoms. The predicted octanol–water partition coefficient (Wildman–Crippen LogP) is 0.794. The fraction of sp³-hybridized carbons (Fsp3) is 0. The maximum atomic E-state index is 8.39. The van der Waals surface area contributed by atoms with Crippen molar-refractivity contribution in [3.63, 3.8) is 0 Å². The molecule has 1 nitrogen and oxygen atoms in total. The summed E-state index contributed by atoms with van der Waals surface area (Å²) in [7, 11) is 8.68. The molecule has 0 aromatic carbocycles. The third-order valence-corrected chi connectivity index (χ3v) is 0. The van der Waals surface area contributed by atoms with Crippen molar-refractivity contribution in [2.75, 3.05) is 0 Å². The second-order valence-corrected chi connectivity index (χ2v) is 3.62. The molecule has 0 amide bonds. The van der Waals surface area contributed by atoms with Crippen LogP contribution in [0.25, 0.3) is 0 Å². The van der Waals surface area contributed by atoms with E-state index in [0.717, 1.165) is 0 Å². The average Bonchev–Trinajstić information content (AvgIpc) is 1.46. The molecule has 0 saturated heterocycles. The Labute approximate surface area is 62.1 Å². The minimum absolute atomic E-state index is 0.0556. The van der Waals surface area contributed by atoms with Gasteiger partial charge in [0.25, 0.3) is 0 Å². The summed E-state index contributed by atoms with van der Waals surface area (Å²) in [6, 6.07) is 0. The van der Waals surface area contributed by atoms with Gasteiger partial charge in [-0.25, -0.2) is 0 Å². The Morgan fingerprint density at radius 1 is 1.40 bits per heavy atom. The molecule has 28 valence electrons. The molecule has 0 atom stereocenters. The molecule has 0 rings (SSSR count). The van der Waals surface area contributed by atoms with E-state index >= 15 is 0 Å². The van der Waals surface area contributed by atoms with Crippen molar-refractivity contribution >= 4 is 45.4 Å². The van der Waals surface area contributed by atoms with Crippen LogP contribution in [0.1, 0.15) is 0 Å². The summed E-state index contributed by atoms with van der Waals surface area (Å²) in [6.45, 7) is 0. The van der Waals surface area contributed by atoms with E-state index in [0.29, 0.717) is 0 Å². The quantitative estimate of drug-likeness (QED) is 0.576. The van der Waals surface area contributed by atoms with Crippen LogP contribution in [0.3, 0.4) is 0 Å². The van der Waals surface area contributed by atoms with E-state index in [4.69, 9.17) is 2.69 Å². The van der Waals surface area contributed by atoms with Gasteiger partial charge in [0.05, 0.1) is 0 Å². The van der Waals surface area contributed by atoms with Gasteiger partial charge in [-0.15, -0.1) is 0 Å². The van der Waals surface area contributed by atoms with Gasteiger partial charge in [0.15, 0.2) is 0 Å². The molecule has 0 saturated carbocycles. The van der Waals surface area contributed by atoms with Gasteiger partial charge in [0.1, 0.15) is 0 Å². The molecule has 0 heterocycles. The van der Waals surface area contributed by atoms with Gasteiger partial charge in [-0.3, -0.25) is 0 Å².